The van der Waals surface area contributed by atoms with Crippen molar-refractivity contribution in [3.63, 3.8) is 0 Å². The molecule has 2 aromatic rings. The van der Waals surface area contributed by atoms with Crippen molar-refractivity contribution in [2.75, 3.05) is 13.2 Å². The lowest BCUT2D eigenvalue weighted by Gasteiger charge is -2.18. The van der Waals surface area contributed by atoms with Crippen molar-refractivity contribution in [1.82, 2.24) is 15.0 Å². The molecule has 2 heterocycles. The molecule has 6 heteroatoms. The van der Waals surface area contributed by atoms with Gasteiger partial charge in [0.15, 0.2) is 11.5 Å². The van der Waals surface area contributed by atoms with Crippen molar-refractivity contribution < 1.29 is 9.47 Å². The predicted molar refractivity (Wildman–Crippen MR) is 69.6 cm³/mol. The molecule has 1 aliphatic rings. The SMILES string of the molecule is CCC(N)c1cn(-c2ccc3c(c2)OCCO3)nn1. The number of hydrogen-bond acceptors (Lipinski definition) is 5. The molecule has 0 saturated heterocycles. The van der Waals surface area contributed by atoms with Gasteiger partial charge in [-0.25, -0.2) is 4.68 Å². The van der Waals surface area contributed by atoms with E-state index in [2.05, 4.69) is 10.3 Å². The van der Waals surface area contributed by atoms with Crippen LogP contribution in [0.1, 0.15) is 25.1 Å². The van der Waals surface area contributed by atoms with E-state index in [1.807, 2.05) is 31.3 Å². The Labute approximate surface area is 111 Å². The second-order valence-electron chi connectivity index (χ2n) is 4.43. The number of aromatic nitrogens is 3. The van der Waals surface area contributed by atoms with Crippen molar-refractivity contribution in [2.45, 2.75) is 19.4 Å². The second-order valence-corrected chi connectivity index (χ2v) is 4.43. The normalized spacial score (nSPS) is 15.3. The molecule has 1 aromatic carbocycles. The molecule has 0 radical (unpaired) electrons. The Balaban J connectivity index is 1.91. The zero-order chi connectivity index (χ0) is 13.2. The summed E-state index contributed by atoms with van der Waals surface area (Å²) < 4.78 is 12.7. The monoisotopic (exact) mass is 260 g/mol. The Bertz CT molecular complexity index is 582. The van der Waals surface area contributed by atoms with Gasteiger partial charge in [-0.2, -0.15) is 0 Å². The molecule has 1 atom stereocenters. The Kier molecular flexibility index (Phi) is 3.08. The first kappa shape index (κ1) is 12.0. The molecular weight excluding hydrogens is 244 g/mol. The minimum Gasteiger partial charge on any atom is -0.486 e. The van der Waals surface area contributed by atoms with Gasteiger partial charge in [-0.15, -0.1) is 5.10 Å². The van der Waals surface area contributed by atoms with Crippen LogP contribution in [0, 0.1) is 0 Å². The van der Waals surface area contributed by atoms with Gasteiger partial charge in [0.05, 0.1) is 23.6 Å². The lowest BCUT2D eigenvalue weighted by Crippen LogP contribution is -2.15. The second kappa shape index (κ2) is 4.89. The summed E-state index contributed by atoms with van der Waals surface area (Å²) in [5.41, 5.74) is 7.61. The lowest BCUT2D eigenvalue weighted by atomic mass is 10.2. The molecule has 2 N–H and O–H groups in total. The molecule has 100 valence electrons. The van der Waals surface area contributed by atoms with Gasteiger partial charge in [0.1, 0.15) is 13.2 Å². The molecule has 0 fully saturated rings. The number of ether oxygens (including phenoxy) is 2. The molecule has 0 amide bonds. The summed E-state index contributed by atoms with van der Waals surface area (Å²) in [6.07, 6.45) is 2.68. The van der Waals surface area contributed by atoms with Crippen LogP contribution in [0.2, 0.25) is 0 Å². The smallest absolute Gasteiger partial charge is 0.163 e. The highest BCUT2D eigenvalue weighted by Crippen LogP contribution is 2.31. The Morgan fingerprint density at radius 3 is 2.89 bits per heavy atom. The van der Waals surface area contributed by atoms with Crippen LogP contribution in [0.4, 0.5) is 0 Å². The van der Waals surface area contributed by atoms with E-state index in [1.54, 1.807) is 4.68 Å². The first-order valence-electron chi connectivity index (χ1n) is 6.36. The number of nitrogens with two attached hydrogens (primary N) is 1. The predicted octanol–water partition coefficient (Wildman–Crippen LogP) is 1.45. The average Bonchev–Trinajstić information content (AvgIpc) is 2.95. The molecule has 1 unspecified atom stereocenters. The van der Waals surface area contributed by atoms with Crippen LogP contribution >= 0.6 is 0 Å². The van der Waals surface area contributed by atoms with Crippen LogP contribution in [0.3, 0.4) is 0 Å². The summed E-state index contributed by atoms with van der Waals surface area (Å²) in [6, 6.07) is 5.62. The van der Waals surface area contributed by atoms with Crippen LogP contribution in [0.5, 0.6) is 11.5 Å². The lowest BCUT2D eigenvalue weighted by molar-refractivity contribution is 0.171. The molecule has 0 bridgehead atoms. The molecule has 0 aliphatic carbocycles. The minimum absolute atomic E-state index is 0.0778. The highest BCUT2D eigenvalue weighted by molar-refractivity contribution is 5.49. The zero-order valence-electron chi connectivity index (χ0n) is 10.7. The summed E-state index contributed by atoms with van der Waals surface area (Å²) >= 11 is 0. The first-order chi connectivity index (χ1) is 9.28. The highest BCUT2D eigenvalue weighted by atomic mass is 16.6. The van der Waals surface area contributed by atoms with E-state index in [0.717, 1.165) is 29.3 Å². The van der Waals surface area contributed by atoms with E-state index in [-0.39, 0.29) is 6.04 Å². The topological polar surface area (TPSA) is 75.2 Å². The van der Waals surface area contributed by atoms with Gasteiger partial charge in [-0.1, -0.05) is 12.1 Å². The maximum atomic E-state index is 5.94. The summed E-state index contributed by atoms with van der Waals surface area (Å²) in [7, 11) is 0. The van der Waals surface area contributed by atoms with Gasteiger partial charge in [-0.05, 0) is 18.6 Å². The largest absolute Gasteiger partial charge is 0.486 e. The van der Waals surface area contributed by atoms with Gasteiger partial charge < -0.3 is 15.2 Å². The Hall–Kier alpha value is -2.08. The molecular formula is C13H16N4O2. The highest BCUT2D eigenvalue weighted by Gasteiger charge is 2.14. The maximum Gasteiger partial charge on any atom is 0.163 e. The van der Waals surface area contributed by atoms with E-state index in [4.69, 9.17) is 15.2 Å². The van der Waals surface area contributed by atoms with E-state index in [0.29, 0.717) is 13.2 Å². The number of rotatable bonds is 3. The van der Waals surface area contributed by atoms with Crippen LogP contribution in [0.25, 0.3) is 5.69 Å². The fourth-order valence-electron chi connectivity index (χ4n) is 1.96. The van der Waals surface area contributed by atoms with Crippen molar-refractivity contribution in [3.8, 4) is 17.2 Å². The van der Waals surface area contributed by atoms with Crippen LogP contribution < -0.4 is 15.2 Å². The van der Waals surface area contributed by atoms with Crippen LogP contribution in [-0.4, -0.2) is 28.2 Å². The van der Waals surface area contributed by atoms with Gasteiger partial charge in [-0.3, -0.25) is 0 Å². The number of hydrogen-bond donors (Lipinski definition) is 1. The zero-order valence-corrected chi connectivity index (χ0v) is 10.7. The first-order valence-corrected chi connectivity index (χ1v) is 6.36. The van der Waals surface area contributed by atoms with E-state index >= 15 is 0 Å². The Morgan fingerprint density at radius 2 is 2.11 bits per heavy atom. The average molecular weight is 260 g/mol. The quantitative estimate of drug-likeness (QED) is 0.904. The van der Waals surface area contributed by atoms with E-state index in [1.165, 1.54) is 0 Å². The number of nitrogens with zero attached hydrogens (tertiary/aromatic N) is 3. The molecule has 3 rings (SSSR count). The van der Waals surface area contributed by atoms with Gasteiger partial charge in [0.2, 0.25) is 0 Å². The third-order valence-corrected chi connectivity index (χ3v) is 3.12. The fraction of sp³-hybridized carbons (Fsp3) is 0.385. The number of fused-ring (bicyclic) bond motifs is 1. The van der Waals surface area contributed by atoms with E-state index < -0.39 is 0 Å². The fourth-order valence-corrected chi connectivity index (χ4v) is 1.96. The molecule has 0 saturated carbocycles. The molecule has 1 aliphatic heterocycles. The van der Waals surface area contributed by atoms with Gasteiger partial charge in [0, 0.05) is 6.07 Å². The molecule has 19 heavy (non-hydrogen) atoms. The van der Waals surface area contributed by atoms with E-state index in [9.17, 15) is 0 Å². The third-order valence-electron chi connectivity index (χ3n) is 3.12. The van der Waals surface area contributed by atoms with Crippen molar-refractivity contribution in [1.29, 1.82) is 0 Å². The molecule has 0 spiro atoms. The standard InChI is InChI=1S/C13H16N4O2/c1-2-10(14)11-8-17(16-15-11)9-3-4-12-13(7-9)19-6-5-18-12/h3-4,7-8,10H,2,5-6,14H2,1H3. The van der Waals surface area contributed by atoms with Gasteiger partial charge in [0.25, 0.3) is 0 Å². The Morgan fingerprint density at radius 1 is 1.32 bits per heavy atom. The minimum atomic E-state index is -0.0778. The van der Waals surface area contributed by atoms with Crippen LogP contribution in [-0.2, 0) is 0 Å². The molecule has 1 aromatic heterocycles. The van der Waals surface area contributed by atoms with Crippen LogP contribution in [0.15, 0.2) is 24.4 Å². The van der Waals surface area contributed by atoms with Crippen molar-refractivity contribution in [3.05, 3.63) is 30.1 Å². The summed E-state index contributed by atoms with van der Waals surface area (Å²) in [4.78, 5) is 0. The molecule has 6 nitrogen and oxygen atoms in total. The summed E-state index contributed by atoms with van der Waals surface area (Å²) in [5, 5.41) is 8.19. The van der Waals surface area contributed by atoms with Gasteiger partial charge >= 0.3 is 0 Å². The third kappa shape index (κ3) is 2.26. The summed E-state index contributed by atoms with van der Waals surface area (Å²) in [6.45, 7) is 3.18. The summed E-state index contributed by atoms with van der Waals surface area (Å²) in [5.74, 6) is 1.50. The van der Waals surface area contributed by atoms with Crippen molar-refractivity contribution >= 4 is 0 Å². The van der Waals surface area contributed by atoms with Crippen molar-refractivity contribution in [2.24, 2.45) is 5.73 Å². The maximum absolute atomic E-state index is 5.94. The number of benzene rings is 1.